The van der Waals surface area contributed by atoms with Gasteiger partial charge in [-0.1, -0.05) is 18.2 Å². The number of halogens is 1. The molecule has 0 spiro atoms. The van der Waals surface area contributed by atoms with Crippen LogP contribution in [0.2, 0.25) is 0 Å². The Hall–Kier alpha value is -3.91. The molecule has 0 aliphatic carbocycles. The Morgan fingerprint density at radius 2 is 1.76 bits per heavy atom. The Labute approximate surface area is 194 Å². The summed E-state index contributed by atoms with van der Waals surface area (Å²) in [4.78, 5) is 17.1. The van der Waals surface area contributed by atoms with E-state index in [0.29, 0.717) is 39.2 Å². The zero-order valence-corrected chi connectivity index (χ0v) is 18.8. The topological polar surface area (TPSA) is 69.7 Å². The number of benzene rings is 3. The van der Waals surface area contributed by atoms with Crippen LogP contribution < -0.4 is 19.5 Å². The van der Waals surface area contributed by atoms with Crippen molar-refractivity contribution < 1.29 is 23.4 Å². The molecule has 1 heterocycles. The summed E-state index contributed by atoms with van der Waals surface area (Å²) in [5.74, 6) is 1.09. The maximum Gasteiger partial charge on any atom is 0.275 e. The Morgan fingerprint density at radius 1 is 1.00 bits per heavy atom. The molecule has 0 radical (unpaired) electrons. The summed E-state index contributed by atoms with van der Waals surface area (Å²) in [6, 6.07) is 18.9. The predicted molar refractivity (Wildman–Crippen MR) is 126 cm³/mol. The van der Waals surface area contributed by atoms with Crippen LogP contribution in [0.4, 0.5) is 10.1 Å². The number of carbonyl (C=O) groups is 1. The number of thiazole rings is 1. The molecule has 168 valence electrons. The third kappa shape index (κ3) is 5.30. The summed E-state index contributed by atoms with van der Waals surface area (Å²) in [6.45, 7) is 0.141. The van der Waals surface area contributed by atoms with E-state index in [1.165, 1.54) is 24.5 Å². The van der Waals surface area contributed by atoms with E-state index >= 15 is 0 Å². The molecule has 0 atom stereocenters. The zero-order chi connectivity index (χ0) is 23.2. The molecule has 6 nitrogen and oxygen atoms in total. The third-order valence-corrected chi connectivity index (χ3v) is 5.74. The Bertz CT molecular complexity index is 1260. The Kier molecular flexibility index (Phi) is 6.85. The maximum absolute atomic E-state index is 13.7. The number of nitrogens with zero attached hydrogens (tertiary/aromatic N) is 1. The first-order valence-corrected chi connectivity index (χ1v) is 10.9. The minimum atomic E-state index is -0.342. The van der Waals surface area contributed by atoms with Crippen LogP contribution >= 0.6 is 11.3 Å². The van der Waals surface area contributed by atoms with Crippen molar-refractivity contribution in [2.45, 2.75) is 6.61 Å². The van der Waals surface area contributed by atoms with Gasteiger partial charge in [-0.05, 0) is 42.5 Å². The highest BCUT2D eigenvalue weighted by Crippen LogP contribution is 2.30. The number of ether oxygens (including phenoxy) is 3. The normalized spacial score (nSPS) is 10.5. The highest BCUT2D eigenvalue weighted by Gasteiger charge is 2.15. The maximum atomic E-state index is 13.7. The molecule has 1 N–H and O–H groups in total. The summed E-state index contributed by atoms with van der Waals surface area (Å²) in [5, 5.41) is 5.21. The fourth-order valence-electron chi connectivity index (χ4n) is 3.07. The van der Waals surface area contributed by atoms with Gasteiger partial charge in [-0.3, -0.25) is 4.79 Å². The number of carbonyl (C=O) groups excluding carboxylic acids is 1. The fourth-order valence-corrected chi connectivity index (χ4v) is 3.88. The standard InChI is InChI=1S/C25H21FN2O4S/c1-30-19-11-12-21(23(13-19)31-2)27-24(29)22-15-33-25(28-22)16-7-9-18(10-8-16)32-14-17-5-3-4-6-20(17)26/h3-13,15H,14H2,1-2H3,(H,27,29). The second kappa shape index (κ2) is 10.1. The van der Waals surface area contributed by atoms with Crippen molar-refractivity contribution in [3.8, 4) is 27.8 Å². The van der Waals surface area contributed by atoms with Crippen molar-refractivity contribution in [2.24, 2.45) is 0 Å². The molecule has 3 aromatic carbocycles. The Morgan fingerprint density at radius 3 is 2.48 bits per heavy atom. The van der Waals surface area contributed by atoms with Gasteiger partial charge in [0.05, 0.1) is 19.9 Å². The number of methoxy groups -OCH3 is 2. The molecule has 0 bridgehead atoms. The van der Waals surface area contributed by atoms with Crippen molar-refractivity contribution in [1.82, 2.24) is 4.98 Å². The molecule has 0 saturated heterocycles. The van der Waals surface area contributed by atoms with Gasteiger partial charge in [0.1, 0.15) is 40.4 Å². The van der Waals surface area contributed by atoms with Crippen LogP contribution in [0, 0.1) is 5.82 Å². The molecular weight excluding hydrogens is 443 g/mol. The second-order valence-electron chi connectivity index (χ2n) is 6.96. The SMILES string of the molecule is COc1ccc(NC(=O)c2csc(-c3ccc(OCc4ccccc4F)cc3)n2)c(OC)c1. The van der Waals surface area contributed by atoms with Crippen LogP contribution in [-0.2, 0) is 6.61 Å². The van der Waals surface area contributed by atoms with Crippen molar-refractivity contribution in [2.75, 3.05) is 19.5 Å². The zero-order valence-electron chi connectivity index (χ0n) is 18.0. The van der Waals surface area contributed by atoms with E-state index in [9.17, 15) is 9.18 Å². The second-order valence-corrected chi connectivity index (χ2v) is 7.82. The van der Waals surface area contributed by atoms with E-state index in [-0.39, 0.29) is 18.3 Å². The van der Waals surface area contributed by atoms with Crippen LogP contribution in [-0.4, -0.2) is 25.1 Å². The van der Waals surface area contributed by atoms with Crippen LogP contribution in [0.1, 0.15) is 16.1 Å². The quantitative estimate of drug-likeness (QED) is 0.357. The molecular formula is C25H21FN2O4S. The lowest BCUT2D eigenvalue weighted by Crippen LogP contribution is -2.13. The smallest absolute Gasteiger partial charge is 0.275 e. The third-order valence-electron chi connectivity index (χ3n) is 4.85. The van der Waals surface area contributed by atoms with E-state index in [1.807, 2.05) is 12.1 Å². The average Bonchev–Trinajstić information content (AvgIpc) is 3.35. The largest absolute Gasteiger partial charge is 0.497 e. The first-order chi connectivity index (χ1) is 16.1. The van der Waals surface area contributed by atoms with E-state index in [2.05, 4.69) is 10.3 Å². The lowest BCUT2D eigenvalue weighted by atomic mass is 10.2. The van der Waals surface area contributed by atoms with Crippen molar-refractivity contribution in [1.29, 1.82) is 0 Å². The van der Waals surface area contributed by atoms with Crippen molar-refractivity contribution in [3.05, 3.63) is 89.2 Å². The number of nitrogens with one attached hydrogen (secondary N) is 1. The lowest BCUT2D eigenvalue weighted by molar-refractivity contribution is 0.102. The molecule has 0 fully saturated rings. The van der Waals surface area contributed by atoms with Crippen molar-refractivity contribution >= 4 is 22.9 Å². The van der Waals surface area contributed by atoms with Gasteiger partial charge in [0.15, 0.2) is 0 Å². The Balaban J connectivity index is 1.41. The van der Waals surface area contributed by atoms with Gasteiger partial charge in [-0.2, -0.15) is 0 Å². The monoisotopic (exact) mass is 464 g/mol. The number of aromatic nitrogens is 1. The summed E-state index contributed by atoms with van der Waals surface area (Å²) in [5.41, 5.74) is 2.16. The number of anilines is 1. The van der Waals surface area contributed by atoms with Gasteiger partial charge in [0, 0.05) is 22.6 Å². The molecule has 33 heavy (non-hydrogen) atoms. The van der Waals surface area contributed by atoms with Gasteiger partial charge in [-0.15, -0.1) is 11.3 Å². The molecule has 0 saturated carbocycles. The molecule has 1 amide bonds. The van der Waals surface area contributed by atoms with Gasteiger partial charge < -0.3 is 19.5 Å². The molecule has 0 aliphatic heterocycles. The minimum Gasteiger partial charge on any atom is -0.497 e. The minimum absolute atomic E-state index is 0.141. The highest BCUT2D eigenvalue weighted by atomic mass is 32.1. The molecule has 1 aromatic heterocycles. The van der Waals surface area contributed by atoms with Crippen LogP contribution in [0.3, 0.4) is 0 Å². The first kappa shape index (κ1) is 22.3. The summed E-state index contributed by atoms with van der Waals surface area (Å²) in [7, 11) is 3.08. The molecule has 4 aromatic rings. The van der Waals surface area contributed by atoms with Gasteiger partial charge >= 0.3 is 0 Å². The first-order valence-electron chi connectivity index (χ1n) is 10.0. The highest BCUT2D eigenvalue weighted by molar-refractivity contribution is 7.13. The number of hydrogen-bond donors (Lipinski definition) is 1. The molecule has 8 heteroatoms. The number of rotatable bonds is 8. The fraction of sp³-hybridized carbons (Fsp3) is 0.120. The van der Waals surface area contributed by atoms with Gasteiger partial charge in [0.25, 0.3) is 5.91 Å². The van der Waals surface area contributed by atoms with Gasteiger partial charge in [0.2, 0.25) is 0 Å². The van der Waals surface area contributed by atoms with Crippen molar-refractivity contribution in [3.63, 3.8) is 0 Å². The molecule has 4 rings (SSSR count). The van der Waals surface area contributed by atoms with E-state index in [4.69, 9.17) is 14.2 Å². The van der Waals surface area contributed by atoms with Crippen LogP contribution in [0.5, 0.6) is 17.2 Å². The van der Waals surface area contributed by atoms with Crippen LogP contribution in [0.15, 0.2) is 72.1 Å². The molecule has 0 unspecified atom stereocenters. The van der Waals surface area contributed by atoms with E-state index < -0.39 is 0 Å². The summed E-state index contributed by atoms with van der Waals surface area (Å²) in [6.07, 6.45) is 0. The average molecular weight is 465 g/mol. The number of amides is 1. The summed E-state index contributed by atoms with van der Waals surface area (Å²) >= 11 is 1.36. The lowest BCUT2D eigenvalue weighted by Gasteiger charge is -2.10. The van der Waals surface area contributed by atoms with Gasteiger partial charge in [-0.25, -0.2) is 9.37 Å². The number of hydrogen-bond acceptors (Lipinski definition) is 6. The van der Waals surface area contributed by atoms with E-state index in [0.717, 1.165) is 5.56 Å². The summed E-state index contributed by atoms with van der Waals surface area (Å²) < 4.78 is 29.9. The predicted octanol–water partition coefficient (Wildman–Crippen LogP) is 5.80. The molecule has 0 aliphatic rings. The van der Waals surface area contributed by atoms with E-state index in [1.54, 1.807) is 61.0 Å². The van der Waals surface area contributed by atoms with Crippen LogP contribution in [0.25, 0.3) is 10.6 Å².